The predicted octanol–water partition coefficient (Wildman–Crippen LogP) is 2.56. The summed E-state index contributed by atoms with van der Waals surface area (Å²) < 4.78 is 8.94. The minimum absolute atomic E-state index is 0.648. The van der Waals surface area contributed by atoms with Crippen LogP contribution in [0.15, 0.2) is 36.5 Å². The van der Waals surface area contributed by atoms with Gasteiger partial charge in [0.25, 0.3) is 0 Å². The third-order valence-corrected chi connectivity index (χ3v) is 4.29. The highest BCUT2D eigenvalue weighted by Gasteiger charge is 2.13. The molecule has 0 saturated carbocycles. The Balaban J connectivity index is 1.70. The Morgan fingerprint density at radius 3 is 2.63 bits per heavy atom. The van der Waals surface area contributed by atoms with E-state index in [0.29, 0.717) is 11.6 Å². The zero-order valence-corrected chi connectivity index (χ0v) is 15.6. The summed E-state index contributed by atoms with van der Waals surface area (Å²) in [5.41, 5.74) is 2.30. The van der Waals surface area contributed by atoms with E-state index in [2.05, 4.69) is 30.8 Å². The average Bonchev–Trinajstić information content (AvgIpc) is 3.24. The summed E-state index contributed by atoms with van der Waals surface area (Å²) in [4.78, 5) is 9.17. The number of fused-ring (bicyclic) bond motifs is 1. The second-order valence-corrected chi connectivity index (χ2v) is 6.04. The molecule has 0 radical (unpaired) electrons. The van der Waals surface area contributed by atoms with E-state index in [1.807, 2.05) is 51.5 Å². The Morgan fingerprint density at radius 2 is 1.85 bits per heavy atom. The highest BCUT2D eigenvalue weighted by atomic mass is 16.5. The fourth-order valence-corrected chi connectivity index (χ4v) is 2.88. The molecule has 0 spiro atoms. The summed E-state index contributed by atoms with van der Waals surface area (Å²) in [5.74, 6) is 2.94. The van der Waals surface area contributed by atoms with Gasteiger partial charge in [0.15, 0.2) is 5.65 Å². The van der Waals surface area contributed by atoms with Crippen LogP contribution in [0.3, 0.4) is 0 Å². The molecule has 0 fully saturated rings. The van der Waals surface area contributed by atoms with Gasteiger partial charge in [0.2, 0.25) is 0 Å². The average molecular weight is 364 g/mol. The van der Waals surface area contributed by atoms with Crippen LogP contribution in [0.5, 0.6) is 5.75 Å². The molecule has 4 aromatic heterocycles. The largest absolute Gasteiger partial charge is 0.496 e. The summed E-state index contributed by atoms with van der Waals surface area (Å²) in [5, 5.41) is 16.0. The van der Waals surface area contributed by atoms with E-state index in [0.717, 1.165) is 34.1 Å². The van der Waals surface area contributed by atoms with Crippen molar-refractivity contribution in [3.63, 3.8) is 0 Å². The zero-order chi connectivity index (χ0) is 19.0. The second kappa shape index (κ2) is 6.60. The number of methoxy groups -OCH3 is 1. The molecular weight excluding hydrogens is 344 g/mol. The zero-order valence-electron chi connectivity index (χ0n) is 15.6. The molecule has 4 heterocycles. The van der Waals surface area contributed by atoms with E-state index >= 15 is 0 Å². The second-order valence-electron chi connectivity index (χ2n) is 6.04. The molecule has 0 aliphatic heterocycles. The molecular formula is C18H20N8O. The lowest BCUT2D eigenvalue weighted by molar-refractivity contribution is 0.419. The predicted molar refractivity (Wildman–Crippen MR) is 104 cm³/mol. The molecule has 0 aromatic carbocycles. The minimum atomic E-state index is 0.648. The molecule has 0 aliphatic rings. The van der Waals surface area contributed by atoms with E-state index < -0.39 is 0 Å². The lowest BCUT2D eigenvalue weighted by Crippen LogP contribution is -2.02. The fraction of sp³-hybridized carbons (Fsp3) is 0.222. The van der Waals surface area contributed by atoms with Gasteiger partial charge >= 0.3 is 0 Å². The van der Waals surface area contributed by atoms with Gasteiger partial charge in [-0.05, 0) is 12.1 Å². The third kappa shape index (κ3) is 3.03. The monoisotopic (exact) mass is 364 g/mol. The van der Waals surface area contributed by atoms with Crippen LogP contribution in [0, 0.1) is 0 Å². The Morgan fingerprint density at radius 1 is 1.00 bits per heavy atom. The highest BCUT2D eigenvalue weighted by molar-refractivity contribution is 5.84. The van der Waals surface area contributed by atoms with Crippen LogP contribution in [0.1, 0.15) is 0 Å². The molecule has 0 unspecified atom stereocenters. The maximum atomic E-state index is 5.48. The minimum Gasteiger partial charge on any atom is -0.496 e. The van der Waals surface area contributed by atoms with E-state index in [1.165, 1.54) is 0 Å². The first-order chi connectivity index (χ1) is 13.1. The molecule has 0 saturated heterocycles. The number of anilines is 3. The van der Waals surface area contributed by atoms with Gasteiger partial charge in [0.05, 0.1) is 24.4 Å². The first-order valence-electron chi connectivity index (χ1n) is 8.42. The molecule has 0 aliphatic carbocycles. The first kappa shape index (κ1) is 16.8. The van der Waals surface area contributed by atoms with Crippen molar-refractivity contribution in [3.8, 4) is 17.1 Å². The number of nitrogens with zero attached hydrogens (tertiary/aromatic N) is 6. The van der Waals surface area contributed by atoms with Gasteiger partial charge in [-0.25, -0.2) is 9.97 Å². The van der Waals surface area contributed by atoms with Crippen LogP contribution >= 0.6 is 0 Å². The quantitative estimate of drug-likeness (QED) is 0.562. The Labute approximate surface area is 156 Å². The molecule has 2 N–H and O–H groups in total. The van der Waals surface area contributed by atoms with Crippen LogP contribution in [-0.2, 0) is 14.1 Å². The van der Waals surface area contributed by atoms with Gasteiger partial charge in [0.1, 0.15) is 28.9 Å². The van der Waals surface area contributed by atoms with Crippen molar-refractivity contribution >= 4 is 28.5 Å². The van der Waals surface area contributed by atoms with Crippen LogP contribution in [0.4, 0.5) is 17.5 Å². The van der Waals surface area contributed by atoms with Crippen LogP contribution in [-0.4, -0.2) is 43.7 Å². The normalized spacial score (nSPS) is 11.0. The fourth-order valence-electron chi connectivity index (χ4n) is 2.88. The smallest absolute Gasteiger partial charge is 0.163 e. The van der Waals surface area contributed by atoms with Gasteiger partial charge in [-0.15, -0.1) is 0 Å². The molecule has 0 bridgehead atoms. The Hall–Kier alpha value is -3.62. The van der Waals surface area contributed by atoms with Gasteiger partial charge in [-0.1, -0.05) is 6.07 Å². The summed E-state index contributed by atoms with van der Waals surface area (Å²) in [6.07, 6.45) is 1.74. The third-order valence-electron chi connectivity index (χ3n) is 4.29. The van der Waals surface area contributed by atoms with Crippen molar-refractivity contribution in [1.29, 1.82) is 0 Å². The molecule has 0 amide bonds. The Bertz CT molecular complexity index is 1110. The van der Waals surface area contributed by atoms with E-state index in [4.69, 9.17) is 4.74 Å². The number of hydrogen-bond donors (Lipinski definition) is 2. The maximum absolute atomic E-state index is 5.48. The summed E-state index contributed by atoms with van der Waals surface area (Å²) in [6, 6.07) is 9.56. The Kier molecular flexibility index (Phi) is 4.11. The molecule has 4 rings (SSSR count). The first-order valence-corrected chi connectivity index (χ1v) is 8.42. The van der Waals surface area contributed by atoms with Crippen molar-refractivity contribution in [2.45, 2.75) is 0 Å². The van der Waals surface area contributed by atoms with Crippen molar-refractivity contribution in [1.82, 2.24) is 29.5 Å². The molecule has 9 heteroatoms. The van der Waals surface area contributed by atoms with E-state index in [1.54, 1.807) is 22.7 Å². The maximum Gasteiger partial charge on any atom is 0.163 e. The van der Waals surface area contributed by atoms with E-state index in [-0.39, 0.29) is 0 Å². The molecule has 27 heavy (non-hydrogen) atoms. The lowest BCUT2D eigenvalue weighted by Gasteiger charge is -2.08. The van der Waals surface area contributed by atoms with Gasteiger partial charge < -0.3 is 15.4 Å². The van der Waals surface area contributed by atoms with Gasteiger partial charge in [0, 0.05) is 33.3 Å². The van der Waals surface area contributed by atoms with Crippen molar-refractivity contribution in [2.24, 2.45) is 14.1 Å². The molecule has 4 aromatic rings. The SMILES string of the molecule is CNc1cccc(-c2cc(Nc3cc(OC)c4cnn(C)c4n3)n(C)n2)n1. The number of aromatic nitrogens is 6. The number of rotatable bonds is 5. The van der Waals surface area contributed by atoms with Gasteiger partial charge in [-0.3, -0.25) is 9.36 Å². The summed E-state index contributed by atoms with van der Waals surface area (Å²) in [6.45, 7) is 0. The standard InChI is InChI=1S/C18H20N8O/c1-19-15-7-5-6-12(21-15)13-8-17(25(2)24-13)22-16-9-14(27-4)11-10-20-26(3)18(11)23-16/h5-10H,1-4H3,(H,19,21)(H,22,23). The summed E-state index contributed by atoms with van der Waals surface area (Å²) >= 11 is 0. The van der Waals surface area contributed by atoms with Gasteiger partial charge in [-0.2, -0.15) is 10.2 Å². The topological polar surface area (TPSA) is 94.7 Å². The van der Waals surface area contributed by atoms with Crippen LogP contribution in [0.2, 0.25) is 0 Å². The number of hydrogen-bond acceptors (Lipinski definition) is 7. The van der Waals surface area contributed by atoms with E-state index in [9.17, 15) is 0 Å². The van der Waals surface area contributed by atoms with Crippen LogP contribution in [0.25, 0.3) is 22.4 Å². The number of ether oxygens (including phenoxy) is 1. The summed E-state index contributed by atoms with van der Waals surface area (Å²) in [7, 11) is 7.19. The highest BCUT2D eigenvalue weighted by Crippen LogP contribution is 2.29. The number of pyridine rings is 2. The van der Waals surface area contributed by atoms with Crippen LogP contribution < -0.4 is 15.4 Å². The molecule has 138 valence electrons. The van der Waals surface area contributed by atoms with Crippen molar-refractivity contribution in [3.05, 3.63) is 36.5 Å². The van der Waals surface area contributed by atoms with Crippen molar-refractivity contribution < 1.29 is 4.74 Å². The lowest BCUT2D eigenvalue weighted by atomic mass is 10.2. The molecule has 9 nitrogen and oxygen atoms in total. The molecule has 0 atom stereocenters. The number of nitrogens with one attached hydrogen (secondary N) is 2. The van der Waals surface area contributed by atoms with Crippen molar-refractivity contribution in [2.75, 3.05) is 24.8 Å². The number of aryl methyl sites for hydroxylation is 2.